The molecule has 0 bridgehead atoms. The van der Waals surface area contributed by atoms with Gasteiger partial charge in [0.2, 0.25) is 5.91 Å². The minimum absolute atomic E-state index is 0.120. The standard InChI is InChI=1S/C19H22N4O3S/c1-3-26-16-9-5-4-7-14(16)21-17(24)13-27-19-22-15-8-6-10-20-18(15)23(19)11-12-25-2/h4-10H,3,11-13H2,1-2H3,(H,21,24). The van der Waals surface area contributed by atoms with Crippen LogP contribution in [0.15, 0.2) is 47.8 Å². The maximum Gasteiger partial charge on any atom is 0.234 e. The van der Waals surface area contributed by atoms with Crippen LogP contribution in [-0.2, 0) is 16.1 Å². The number of pyridine rings is 1. The fraction of sp³-hybridized carbons (Fsp3) is 0.316. The van der Waals surface area contributed by atoms with E-state index in [0.29, 0.717) is 31.2 Å². The third-order valence-electron chi connectivity index (χ3n) is 3.78. The summed E-state index contributed by atoms with van der Waals surface area (Å²) in [5.74, 6) is 0.775. The first kappa shape index (κ1) is 19.2. The zero-order chi connectivity index (χ0) is 19.1. The molecule has 0 aliphatic carbocycles. The number of thioether (sulfide) groups is 1. The third kappa shape index (κ3) is 4.78. The van der Waals surface area contributed by atoms with E-state index < -0.39 is 0 Å². The fourth-order valence-electron chi connectivity index (χ4n) is 2.60. The number of ether oxygens (including phenoxy) is 2. The molecule has 0 radical (unpaired) electrons. The summed E-state index contributed by atoms with van der Waals surface area (Å²) in [6.07, 6.45) is 1.74. The highest BCUT2D eigenvalue weighted by Crippen LogP contribution is 2.26. The Morgan fingerprint density at radius 1 is 1.26 bits per heavy atom. The number of anilines is 1. The van der Waals surface area contributed by atoms with Crippen molar-refractivity contribution < 1.29 is 14.3 Å². The van der Waals surface area contributed by atoms with Gasteiger partial charge in [-0.1, -0.05) is 23.9 Å². The Morgan fingerprint density at radius 2 is 2.11 bits per heavy atom. The molecule has 3 rings (SSSR count). The number of benzene rings is 1. The lowest BCUT2D eigenvalue weighted by atomic mass is 10.3. The molecule has 1 amide bonds. The summed E-state index contributed by atoms with van der Waals surface area (Å²) in [5, 5.41) is 3.64. The van der Waals surface area contributed by atoms with E-state index in [1.54, 1.807) is 13.3 Å². The van der Waals surface area contributed by atoms with Crippen LogP contribution in [0.3, 0.4) is 0 Å². The van der Waals surface area contributed by atoms with Gasteiger partial charge in [-0.3, -0.25) is 4.79 Å². The highest BCUT2D eigenvalue weighted by Gasteiger charge is 2.14. The number of amides is 1. The molecule has 0 spiro atoms. The van der Waals surface area contributed by atoms with E-state index in [1.165, 1.54) is 11.8 Å². The van der Waals surface area contributed by atoms with Gasteiger partial charge in [0.15, 0.2) is 10.8 Å². The summed E-state index contributed by atoms with van der Waals surface area (Å²) in [7, 11) is 1.66. The van der Waals surface area contributed by atoms with Gasteiger partial charge in [0.1, 0.15) is 11.3 Å². The normalized spacial score (nSPS) is 10.9. The van der Waals surface area contributed by atoms with Gasteiger partial charge >= 0.3 is 0 Å². The zero-order valence-corrected chi connectivity index (χ0v) is 16.2. The summed E-state index contributed by atoms with van der Waals surface area (Å²) < 4.78 is 12.7. The molecule has 0 aliphatic rings. The third-order valence-corrected chi connectivity index (χ3v) is 4.76. The molecule has 2 aromatic heterocycles. The van der Waals surface area contributed by atoms with Crippen molar-refractivity contribution in [3.63, 3.8) is 0 Å². The van der Waals surface area contributed by atoms with Crippen LogP contribution < -0.4 is 10.1 Å². The number of fused-ring (bicyclic) bond motifs is 1. The van der Waals surface area contributed by atoms with Gasteiger partial charge in [-0.05, 0) is 31.2 Å². The van der Waals surface area contributed by atoms with Gasteiger partial charge in [0.05, 0.1) is 31.2 Å². The average Bonchev–Trinajstić information content (AvgIpc) is 3.04. The molecular formula is C19H22N4O3S. The molecule has 142 valence electrons. The number of hydrogen-bond acceptors (Lipinski definition) is 6. The lowest BCUT2D eigenvalue weighted by Crippen LogP contribution is -2.15. The molecular weight excluding hydrogens is 364 g/mol. The lowest BCUT2D eigenvalue weighted by Gasteiger charge is -2.11. The summed E-state index contributed by atoms with van der Waals surface area (Å²) in [4.78, 5) is 21.4. The van der Waals surface area contributed by atoms with Crippen LogP contribution in [0.4, 0.5) is 5.69 Å². The van der Waals surface area contributed by atoms with E-state index in [-0.39, 0.29) is 11.7 Å². The number of carbonyl (C=O) groups is 1. The first-order valence-corrected chi connectivity index (χ1v) is 9.66. The Labute approximate surface area is 162 Å². The van der Waals surface area contributed by atoms with Crippen molar-refractivity contribution in [3.05, 3.63) is 42.6 Å². The van der Waals surface area contributed by atoms with E-state index in [1.807, 2.05) is 47.9 Å². The monoisotopic (exact) mass is 386 g/mol. The Kier molecular flexibility index (Phi) is 6.67. The maximum absolute atomic E-state index is 12.4. The Bertz CT molecular complexity index is 913. The SMILES string of the molecule is CCOc1ccccc1NC(=O)CSc1nc2cccnc2n1CCOC. The molecule has 27 heavy (non-hydrogen) atoms. The van der Waals surface area contributed by atoms with Crippen LogP contribution in [0.25, 0.3) is 11.2 Å². The first-order chi connectivity index (χ1) is 13.2. The van der Waals surface area contributed by atoms with Crippen molar-refractivity contribution in [2.75, 3.05) is 31.4 Å². The summed E-state index contributed by atoms with van der Waals surface area (Å²) in [5.41, 5.74) is 2.26. The number of rotatable bonds is 9. The molecule has 3 aromatic rings. The molecule has 7 nitrogen and oxygen atoms in total. The van der Waals surface area contributed by atoms with Gasteiger partial charge in [-0.2, -0.15) is 0 Å². The number of imidazole rings is 1. The predicted octanol–water partition coefficient (Wildman–Crippen LogP) is 3.21. The Morgan fingerprint density at radius 3 is 2.93 bits per heavy atom. The second-order valence-electron chi connectivity index (χ2n) is 5.65. The largest absolute Gasteiger partial charge is 0.492 e. The molecule has 0 saturated heterocycles. The molecule has 0 atom stereocenters. The van der Waals surface area contributed by atoms with Crippen LogP contribution in [0.5, 0.6) is 5.75 Å². The molecule has 0 saturated carbocycles. The summed E-state index contributed by atoms with van der Waals surface area (Å²) in [6.45, 7) is 3.62. The number of nitrogens with zero attached hydrogens (tertiary/aromatic N) is 3. The minimum atomic E-state index is -0.120. The van der Waals surface area contributed by atoms with Crippen molar-refractivity contribution >= 4 is 34.5 Å². The van der Waals surface area contributed by atoms with E-state index >= 15 is 0 Å². The number of carbonyl (C=O) groups excluding carboxylic acids is 1. The zero-order valence-electron chi connectivity index (χ0n) is 15.3. The van der Waals surface area contributed by atoms with Crippen molar-refractivity contribution in [1.82, 2.24) is 14.5 Å². The minimum Gasteiger partial charge on any atom is -0.492 e. The molecule has 8 heteroatoms. The van der Waals surface area contributed by atoms with E-state index in [0.717, 1.165) is 16.3 Å². The van der Waals surface area contributed by atoms with Crippen molar-refractivity contribution in [2.45, 2.75) is 18.6 Å². The van der Waals surface area contributed by atoms with Crippen LogP contribution in [-0.4, -0.2) is 46.5 Å². The molecule has 1 N–H and O–H groups in total. The second-order valence-corrected chi connectivity index (χ2v) is 6.59. The first-order valence-electron chi connectivity index (χ1n) is 8.67. The van der Waals surface area contributed by atoms with E-state index in [2.05, 4.69) is 15.3 Å². The van der Waals surface area contributed by atoms with Gasteiger partial charge in [-0.15, -0.1) is 0 Å². The predicted molar refractivity (Wildman–Crippen MR) is 106 cm³/mol. The van der Waals surface area contributed by atoms with Crippen molar-refractivity contribution in [2.24, 2.45) is 0 Å². The van der Waals surface area contributed by atoms with Gasteiger partial charge in [-0.25, -0.2) is 9.97 Å². The molecule has 0 aliphatic heterocycles. The number of nitrogens with one attached hydrogen (secondary N) is 1. The molecule has 2 heterocycles. The molecule has 0 fully saturated rings. The number of hydrogen-bond donors (Lipinski definition) is 1. The van der Waals surface area contributed by atoms with E-state index in [9.17, 15) is 4.79 Å². The second kappa shape index (κ2) is 9.38. The van der Waals surface area contributed by atoms with Gasteiger partial charge < -0.3 is 19.4 Å². The molecule has 1 aromatic carbocycles. The van der Waals surface area contributed by atoms with E-state index in [4.69, 9.17) is 9.47 Å². The molecule has 0 unspecified atom stereocenters. The smallest absolute Gasteiger partial charge is 0.234 e. The van der Waals surface area contributed by atoms with Crippen molar-refractivity contribution in [3.8, 4) is 5.75 Å². The average molecular weight is 386 g/mol. The number of methoxy groups -OCH3 is 1. The summed E-state index contributed by atoms with van der Waals surface area (Å²) in [6, 6.07) is 11.2. The quantitative estimate of drug-likeness (QED) is 0.569. The van der Waals surface area contributed by atoms with Crippen molar-refractivity contribution in [1.29, 1.82) is 0 Å². The maximum atomic E-state index is 12.4. The van der Waals surface area contributed by atoms with Crippen LogP contribution in [0, 0.1) is 0 Å². The van der Waals surface area contributed by atoms with Gasteiger partial charge in [0.25, 0.3) is 0 Å². The Hall–Kier alpha value is -2.58. The highest BCUT2D eigenvalue weighted by atomic mass is 32.2. The number of aromatic nitrogens is 3. The number of para-hydroxylation sites is 2. The Balaban J connectivity index is 1.70. The van der Waals surface area contributed by atoms with Gasteiger partial charge in [0, 0.05) is 13.3 Å². The lowest BCUT2D eigenvalue weighted by molar-refractivity contribution is -0.113. The fourth-order valence-corrected chi connectivity index (χ4v) is 3.43. The van der Waals surface area contributed by atoms with Crippen LogP contribution >= 0.6 is 11.8 Å². The summed E-state index contributed by atoms with van der Waals surface area (Å²) >= 11 is 1.37. The van der Waals surface area contributed by atoms with Crippen LogP contribution in [0.2, 0.25) is 0 Å². The topological polar surface area (TPSA) is 78.3 Å². The highest BCUT2D eigenvalue weighted by molar-refractivity contribution is 7.99. The van der Waals surface area contributed by atoms with Crippen LogP contribution in [0.1, 0.15) is 6.92 Å².